The molecule has 1 aliphatic rings. The molecule has 1 aromatic heterocycles. The van der Waals surface area contributed by atoms with E-state index >= 15 is 0 Å². The number of carbonyl (C=O) groups is 1. The van der Waals surface area contributed by atoms with Gasteiger partial charge in [0.15, 0.2) is 6.29 Å². The van der Waals surface area contributed by atoms with Crippen LogP contribution in [-0.4, -0.2) is 28.6 Å². The summed E-state index contributed by atoms with van der Waals surface area (Å²) < 4.78 is 7.22. The monoisotopic (exact) mass is 377 g/mol. The summed E-state index contributed by atoms with van der Waals surface area (Å²) in [7, 11) is 0. The lowest BCUT2D eigenvalue weighted by molar-refractivity contribution is -0.186. The van der Waals surface area contributed by atoms with Crippen LogP contribution < -0.4 is 5.48 Å². The van der Waals surface area contributed by atoms with Crippen LogP contribution >= 0.6 is 0 Å². The Bertz CT molecular complexity index is 929. The van der Waals surface area contributed by atoms with E-state index in [-0.39, 0.29) is 5.91 Å². The zero-order chi connectivity index (χ0) is 19.3. The van der Waals surface area contributed by atoms with E-state index in [0.29, 0.717) is 17.9 Å². The lowest BCUT2D eigenvalue weighted by Crippen LogP contribution is -2.33. The van der Waals surface area contributed by atoms with E-state index < -0.39 is 6.29 Å². The molecular formula is C22H23N3O3. The average Bonchev–Trinajstić information content (AvgIpc) is 3.19. The highest BCUT2D eigenvalue weighted by Crippen LogP contribution is 2.24. The van der Waals surface area contributed by atoms with Gasteiger partial charge in [-0.2, -0.15) is 5.10 Å². The molecule has 0 aliphatic carbocycles. The summed E-state index contributed by atoms with van der Waals surface area (Å²) in [4.78, 5) is 18.3. The Labute approximate surface area is 164 Å². The number of rotatable bonds is 5. The molecule has 0 spiro atoms. The summed E-state index contributed by atoms with van der Waals surface area (Å²) in [6.45, 7) is 2.69. The number of aryl methyl sites for hydroxylation is 1. The van der Waals surface area contributed by atoms with Crippen LogP contribution in [0.3, 0.4) is 0 Å². The number of hydrogen-bond acceptors (Lipinski definition) is 4. The first kappa shape index (κ1) is 18.4. The Kier molecular flexibility index (Phi) is 5.50. The average molecular weight is 377 g/mol. The van der Waals surface area contributed by atoms with E-state index in [2.05, 4.69) is 10.6 Å². The molecule has 6 heteroatoms. The molecule has 1 unspecified atom stereocenters. The third kappa shape index (κ3) is 4.13. The summed E-state index contributed by atoms with van der Waals surface area (Å²) in [6.07, 6.45) is 4.16. The number of aromatic nitrogens is 2. The van der Waals surface area contributed by atoms with Gasteiger partial charge in [0.1, 0.15) is 5.69 Å². The smallest absolute Gasteiger partial charge is 0.278 e. The fourth-order valence-corrected chi connectivity index (χ4v) is 3.16. The van der Waals surface area contributed by atoms with Gasteiger partial charge < -0.3 is 4.74 Å². The molecule has 1 atom stereocenters. The fraction of sp³-hybridized carbons (Fsp3) is 0.273. The van der Waals surface area contributed by atoms with Crippen molar-refractivity contribution < 1.29 is 14.4 Å². The topological polar surface area (TPSA) is 65.4 Å². The van der Waals surface area contributed by atoms with E-state index in [1.54, 1.807) is 10.9 Å². The Morgan fingerprint density at radius 1 is 1.14 bits per heavy atom. The quantitative estimate of drug-likeness (QED) is 0.682. The predicted octanol–water partition coefficient (Wildman–Crippen LogP) is 4.04. The number of benzene rings is 2. The number of nitrogens with one attached hydrogen (secondary N) is 1. The number of hydrogen-bond donors (Lipinski definition) is 1. The molecule has 3 aromatic rings. The van der Waals surface area contributed by atoms with E-state index in [9.17, 15) is 4.79 Å². The molecule has 4 rings (SSSR count). The van der Waals surface area contributed by atoms with Crippen molar-refractivity contribution in [3.63, 3.8) is 0 Å². The van der Waals surface area contributed by atoms with Crippen molar-refractivity contribution in [2.75, 3.05) is 6.61 Å². The second-order valence-electron chi connectivity index (χ2n) is 6.88. The molecule has 2 aromatic carbocycles. The summed E-state index contributed by atoms with van der Waals surface area (Å²) >= 11 is 0. The molecule has 28 heavy (non-hydrogen) atoms. The molecule has 1 fully saturated rings. The number of hydroxylamine groups is 1. The van der Waals surface area contributed by atoms with Gasteiger partial charge in [-0.15, -0.1) is 0 Å². The highest BCUT2D eigenvalue weighted by Gasteiger charge is 2.21. The lowest BCUT2D eigenvalue weighted by atomic mass is 10.1. The number of nitrogens with zero attached hydrogens (tertiary/aromatic N) is 2. The fourth-order valence-electron chi connectivity index (χ4n) is 3.16. The third-order valence-electron chi connectivity index (χ3n) is 4.73. The van der Waals surface area contributed by atoms with Gasteiger partial charge in [-0.25, -0.2) is 15.0 Å². The lowest BCUT2D eigenvalue weighted by Gasteiger charge is -2.22. The molecule has 0 radical (unpaired) electrons. The van der Waals surface area contributed by atoms with Crippen molar-refractivity contribution >= 4 is 5.91 Å². The van der Waals surface area contributed by atoms with E-state index in [1.165, 1.54) is 0 Å². The number of amides is 1. The van der Waals surface area contributed by atoms with Crippen LogP contribution in [0.15, 0.2) is 60.8 Å². The first-order chi connectivity index (χ1) is 13.7. The Balaban J connectivity index is 1.62. The van der Waals surface area contributed by atoms with Gasteiger partial charge in [-0.3, -0.25) is 4.79 Å². The van der Waals surface area contributed by atoms with Crippen molar-refractivity contribution in [1.82, 2.24) is 15.3 Å². The number of carbonyl (C=O) groups excluding carboxylic acids is 1. The van der Waals surface area contributed by atoms with Gasteiger partial charge in [-0.05, 0) is 31.9 Å². The molecule has 0 saturated carbocycles. The van der Waals surface area contributed by atoms with Gasteiger partial charge in [0.05, 0.1) is 11.3 Å². The second kappa shape index (κ2) is 8.37. The molecule has 6 nitrogen and oxygen atoms in total. The van der Waals surface area contributed by atoms with Crippen molar-refractivity contribution in [3.05, 3.63) is 71.9 Å². The Hall–Kier alpha value is -2.96. The molecule has 0 bridgehead atoms. The molecule has 1 saturated heterocycles. The van der Waals surface area contributed by atoms with Gasteiger partial charge in [0.25, 0.3) is 5.91 Å². The van der Waals surface area contributed by atoms with Crippen LogP contribution in [0.2, 0.25) is 0 Å². The van der Waals surface area contributed by atoms with Gasteiger partial charge in [0.2, 0.25) is 0 Å². The minimum Gasteiger partial charge on any atom is -0.350 e. The van der Waals surface area contributed by atoms with Crippen molar-refractivity contribution in [1.29, 1.82) is 0 Å². The van der Waals surface area contributed by atoms with Crippen LogP contribution in [0, 0.1) is 6.92 Å². The van der Waals surface area contributed by atoms with E-state index in [1.807, 2.05) is 61.5 Å². The summed E-state index contributed by atoms with van der Waals surface area (Å²) in [5.41, 5.74) is 6.51. The Morgan fingerprint density at radius 2 is 1.93 bits per heavy atom. The van der Waals surface area contributed by atoms with Crippen LogP contribution in [-0.2, 0) is 9.57 Å². The summed E-state index contributed by atoms with van der Waals surface area (Å²) in [5, 5.41) is 4.67. The molecule has 144 valence electrons. The number of ether oxygens (including phenoxy) is 1. The highest BCUT2D eigenvalue weighted by atomic mass is 16.8. The molecule has 1 amide bonds. The van der Waals surface area contributed by atoms with Crippen molar-refractivity contribution in [3.8, 4) is 16.9 Å². The van der Waals surface area contributed by atoms with Crippen molar-refractivity contribution in [2.45, 2.75) is 32.5 Å². The van der Waals surface area contributed by atoms with Gasteiger partial charge in [-0.1, -0.05) is 48.0 Å². The van der Waals surface area contributed by atoms with Crippen LogP contribution in [0.4, 0.5) is 0 Å². The first-order valence-corrected chi connectivity index (χ1v) is 9.50. The zero-order valence-electron chi connectivity index (χ0n) is 15.8. The van der Waals surface area contributed by atoms with Gasteiger partial charge in [0, 0.05) is 24.8 Å². The minimum absolute atomic E-state index is 0.341. The van der Waals surface area contributed by atoms with Crippen LogP contribution in [0.5, 0.6) is 0 Å². The normalized spacial score (nSPS) is 16.7. The van der Waals surface area contributed by atoms with Crippen LogP contribution in [0.25, 0.3) is 16.9 Å². The maximum atomic E-state index is 12.8. The largest absolute Gasteiger partial charge is 0.350 e. The molecular weight excluding hydrogens is 354 g/mol. The Morgan fingerprint density at radius 3 is 2.64 bits per heavy atom. The highest BCUT2D eigenvalue weighted by molar-refractivity contribution is 5.99. The second-order valence-corrected chi connectivity index (χ2v) is 6.88. The zero-order valence-corrected chi connectivity index (χ0v) is 15.8. The maximum Gasteiger partial charge on any atom is 0.278 e. The SMILES string of the molecule is Cc1ccc(-n2cc(C(=O)NOC3CCCCO3)c(-c3ccccc3)n2)cc1. The molecule has 2 heterocycles. The van der Waals surface area contributed by atoms with Gasteiger partial charge >= 0.3 is 0 Å². The van der Waals surface area contributed by atoms with E-state index in [0.717, 1.165) is 36.1 Å². The van der Waals surface area contributed by atoms with E-state index in [4.69, 9.17) is 9.57 Å². The minimum atomic E-state index is -0.398. The third-order valence-corrected chi connectivity index (χ3v) is 4.73. The first-order valence-electron chi connectivity index (χ1n) is 9.50. The molecule has 1 aliphatic heterocycles. The maximum absolute atomic E-state index is 12.8. The van der Waals surface area contributed by atoms with Crippen molar-refractivity contribution in [2.24, 2.45) is 0 Å². The van der Waals surface area contributed by atoms with Crippen LogP contribution in [0.1, 0.15) is 35.2 Å². The standard InChI is InChI=1S/C22H23N3O3/c1-16-10-12-18(13-11-16)25-15-19(21(23-25)17-7-3-2-4-8-17)22(26)24-28-20-9-5-6-14-27-20/h2-4,7-8,10-13,15,20H,5-6,9,14H2,1H3,(H,24,26). The predicted molar refractivity (Wildman–Crippen MR) is 106 cm³/mol. The summed E-state index contributed by atoms with van der Waals surface area (Å²) in [5.74, 6) is -0.341. The molecule has 1 N–H and O–H groups in total. The summed E-state index contributed by atoms with van der Waals surface area (Å²) in [6, 6.07) is 17.6.